The normalized spacial score (nSPS) is 10.0. The number of halogens is 2. The first-order chi connectivity index (χ1) is 9.95. The van der Waals surface area contributed by atoms with Crippen LogP contribution in [0.2, 0.25) is 0 Å². The number of hydrogen-bond donors (Lipinski definition) is 3. The summed E-state index contributed by atoms with van der Waals surface area (Å²) in [7, 11) is 0. The molecule has 0 bridgehead atoms. The second-order valence-electron chi connectivity index (χ2n) is 4.14. The van der Waals surface area contributed by atoms with Crippen LogP contribution in [-0.4, -0.2) is 11.9 Å². The third-order valence-corrected chi connectivity index (χ3v) is 3.24. The van der Waals surface area contributed by atoms with Crippen molar-refractivity contribution in [3.05, 3.63) is 58.3 Å². The van der Waals surface area contributed by atoms with Gasteiger partial charge in [0.2, 0.25) is 0 Å². The third-order valence-electron chi connectivity index (χ3n) is 2.59. The molecule has 0 unspecified atom stereocenters. The quantitative estimate of drug-likeness (QED) is 0.792. The molecule has 0 saturated heterocycles. The molecular weight excluding hydrogens is 341 g/mol. The van der Waals surface area contributed by atoms with E-state index in [1.807, 2.05) is 0 Å². The number of hydrogen-bond acceptors (Lipinski definition) is 2. The molecule has 2 rings (SSSR count). The van der Waals surface area contributed by atoms with Crippen LogP contribution in [0.1, 0.15) is 10.4 Å². The molecular formula is C14H11BrFN3O2. The molecule has 21 heavy (non-hydrogen) atoms. The summed E-state index contributed by atoms with van der Waals surface area (Å²) in [6.45, 7) is 0. The van der Waals surface area contributed by atoms with Gasteiger partial charge in [-0.05, 0) is 58.4 Å². The molecule has 0 radical (unpaired) electrons. The molecule has 0 heterocycles. The van der Waals surface area contributed by atoms with Gasteiger partial charge in [-0.1, -0.05) is 0 Å². The molecule has 0 saturated carbocycles. The van der Waals surface area contributed by atoms with Gasteiger partial charge in [0.15, 0.2) is 0 Å². The lowest BCUT2D eigenvalue weighted by Gasteiger charge is -2.08. The molecule has 5 nitrogen and oxygen atoms in total. The van der Waals surface area contributed by atoms with Gasteiger partial charge < -0.3 is 16.4 Å². The number of anilines is 2. The number of benzene rings is 2. The van der Waals surface area contributed by atoms with Crippen molar-refractivity contribution in [3.8, 4) is 0 Å². The fourth-order valence-electron chi connectivity index (χ4n) is 1.65. The van der Waals surface area contributed by atoms with E-state index >= 15 is 0 Å². The molecule has 4 N–H and O–H groups in total. The summed E-state index contributed by atoms with van der Waals surface area (Å²) in [5.41, 5.74) is 6.36. The molecule has 108 valence electrons. The van der Waals surface area contributed by atoms with E-state index in [1.54, 1.807) is 24.3 Å². The summed E-state index contributed by atoms with van der Waals surface area (Å²) in [5.74, 6) is -0.808. The molecule has 0 atom stereocenters. The predicted molar refractivity (Wildman–Crippen MR) is 81.7 cm³/mol. The number of nitrogens with one attached hydrogen (secondary N) is 2. The maximum atomic E-state index is 13.0. The maximum absolute atomic E-state index is 13.0. The zero-order valence-corrected chi connectivity index (χ0v) is 12.3. The number of carbonyl (C=O) groups is 2. The number of carbonyl (C=O) groups excluding carboxylic acids is 2. The van der Waals surface area contributed by atoms with Gasteiger partial charge >= 0.3 is 6.03 Å². The second kappa shape index (κ2) is 6.36. The Morgan fingerprint density at radius 1 is 1.00 bits per heavy atom. The van der Waals surface area contributed by atoms with Crippen LogP contribution in [0.4, 0.5) is 20.6 Å². The molecule has 0 aromatic heterocycles. The van der Waals surface area contributed by atoms with Crippen molar-refractivity contribution in [2.75, 3.05) is 10.6 Å². The van der Waals surface area contributed by atoms with Gasteiger partial charge in [0, 0.05) is 15.8 Å². The standard InChI is InChI=1S/C14H11BrFN3O2/c15-12-7-8(16)1-6-11(12)13(20)18-9-2-4-10(5-3-9)19-14(17)21/h1-7H,(H,18,20)(H3,17,19,21). The molecule has 7 heteroatoms. The minimum atomic E-state index is -0.665. The number of nitrogens with two attached hydrogens (primary N) is 1. The average Bonchev–Trinajstić information content (AvgIpc) is 2.40. The Hall–Kier alpha value is -2.41. The van der Waals surface area contributed by atoms with Crippen LogP contribution in [0.5, 0.6) is 0 Å². The Morgan fingerprint density at radius 2 is 1.57 bits per heavy atom. The van der Waals surface area contributed by atoms with E-state index in [0.717, 1.165) is 0 Å². The van der Waals surface area contributed by atoms with Crippen molar-refractivity contribution in [1.82, 2.24) is 0 Å². The summed E-state index contributed by atoms with van der Waals surface area (Å²) in [5, 5.41) is 5.07. The van der Waals surface area contributed by atoms with E-state index in [4.69, 9.17) is 5.73 Å². The van der Waals surface area contributed by atoms with Crippen LogP contribution < -0.4 is 16.4 Å². The van der Waals surface area contributed by atoms with Crippen molar-refractivity contribution in [2.45, 2.75) is 0 Å². The van der Waals surface area contributed by atoms with Gasteiger partial charge in [-0.25, -0.2) is 9.18 Å². The summed E-state index contributed by atoms with van der Waals surface area (Å²) in [4.78, 5) is 22.7. The van der Waals surface area contributed by atoms with Crippen molar-refractivity contribution in [3.63, 3.8) is 0 Å². The molecule has 0 aliphatic rings. The van der Waals surface area contributed by atoms with Gasteiger partial charge in [0.1, 0.15) is 5.82 Å². The highest BCUT2D eigenvalue weighted by molar-refractivity contribution is 9.10. The number of rotatable bonds is 3. The van der Waals surface area contributed by atoms with Gasteiger partial charge in [0.05, 0.1) is 5.56 Å². The van der Waals surface area contributed by atoms with E-state index in [-0.39, 0.29) is 5.91 Å². The van der Waals surface area contributed by atoms with Crippen LogP contribution in [0.25, 0.3) is 0 Å². The van der Waals surface area contributed by atoms with E-state index in [2.05, 4.69) is 26.6 Å². The van der Waals surface area contributed by atoms with Crippen LogP contribution in [-0.2, 0) is 0 Å². The lowest BCUT2D eigenvalue weighted by Crippen LogP contribution is -2.19. The van der Waals surface area contributed by atoms with E-state index < -0.39 is 11.8 Å². The first-order valence-electron chi connectivity index (χ1n) is 5.88. The minimum Gasteiger partial charge on any atom is -0.351 e. The van der Waals surface area contributed by atoms with Gasteiger partial charge in [-0.2, -0.15) is 0 Å². The van der Waals surface area contributed by atoms with Crippen LogP contribution in [0, 0.1) is 5.82 Å². The predicted octanol–water partition coefficient (Wildman–Crippen LogP) is 3.33. The van der Waals surface area contributed by atoms with Crippen molar-refractivity contribution in [1.29, 1.82) is 0 Å². The van der Waals surface area contributed by atoms with Gasteiger partial charge in [-0.3, -0.25) is 4.79 Å². The zero-order valence-electron chi connectivity index (χ0n) is 10.7. The van der Waals surface area contributed by atoms with E-state index in [0.29, 0.717) is 21.4 Å². The second-order valence-corrected chi connectivity index (χ2v) is 5.00. The molecule has 0 fully saturated rings. The molecule has 3 amide bonds. The van der Waals surface area contributed by atoms with Gasteiger partial charge in [-0.15, -0.1) is 0 Å². The van der Waals surface area contributed by atoms with E-state index in [9.17, 15) is 14.0 Å². The number of amides is 3. The average molecular weight is 352 g/mol. The van der Waals surface area contributed by atoms with Gasteiger partial charge in [0.25, 0.3) is 5.91 Å². The Labute approximate surface area is 128 Å². The van der Waals surface area contributed by atoms with Crippen molar-refractivity contribution in [2.24, 2.45) is 5.73 Å². The summed E-state index contributed by atoms with van der Waals surface area (Å²) < 4.78 is 13.3. The molecule has 0 aliphatic carbocycles. The first-order valence-corrected chi connectivity index (χ1v) is 6.68. The highest BCUT2D eigenvalue weighted by Gasteiger charge is 2.11. The summed E-state index contributed by atoms with van der Waals surface area (Å²) in [6, 6.07) is 9.56. The molecule has 2 aromatic rings. The summed E-state index contributed by atoms with van der Waals surface area (Å²) >= 11 is 3.14. The number of urea groups is 1. The first kappa shape index (κ1) is 15.0. The number of primary amides is 1. The van der Waals surface area contributed by atoms with Crippen LogP contribution >= 0.6 is 15.9 Å². The fourth-order valence-corrected chi connectivity index (χ4v) is 2.18. The Kier molecular flexibility index (Phi) is 4.54. The zero-order chi connectivity index (χ0) is 15.4. The molecule has 0 aliphatic heterocycles. The van der Waals surface area contributed by atoms with Crippen molar-refractivity contribution < 1.29 is 14.0 Å². The third kappa shape index (κ3) is 4.03. The Morgan fingerprint density at radius 3 is 2.10 bits per heavy atom. The Balaban J connectivity index is 2.10. The fraction of sp³-hybridized carbons (Fsp3) is 0. The van der Waals surface area contributed by atoms with E-state index in [1.165, 1.54) is 18.2 Å². The summed E-state index contributed by atoms with van der Waals surface area (Å²) in [6.07, 6.45) is 0. The SMILES string of the molecule is NC(=O)Nc1ccc(NC(=O)c2ccc(F)cc2Br)cc1. The smallest absolute Gasteiger partial charge is 0.316 e. The lowest BCUT2D eigenvalue weighted by atomic mass is 10.2. The highest BCUT2D eigenvalue weighted by Crippen LogP contribution is 2.20. The molecule has 0 spiro atoms. The van der Waals surface area contributed by atoms with Crippen LogP contribution in [0.3, 0.4) is 0 Å². The largest absolute Gasteiger partial charge is 0.351 e. The van der Waals surface area contributed by atoms with Crippen LogP contribution in [0.15, 0.2) is 46.9 Å². The van der Waals surface area contributed by atoms with Crippen molar-refractivity contribution >= 4 is 39.2 Å². The Bertz CT molecular complexity index is 689. The molecule has 2 aromatic carbocycles. The lowest BCUT2D eigenvalue weighted by molar-refractivity contribution is 0.102. The monoisotopic (exact) mass is 351 g/mol. The topological polar surface area (TPSA) is 84.2 Å². The maximum Gasteiger partial charge on any atom is 0.316 e. The highest BCUT2D eigenvalue weighted by atomic mass is 79.9. The minimum absolute atomic E-state index is 0.315.